The molecule has 0 aliphatic heterocycles. The largest absolute Gasteiger partial charge is 0.454 e. The van der Waals surface area contributed by atoms with E-state index in [4.69, 9.17) is 9.26 Å². The van der Waals surface area contributed by atoms with Gasteiger partial charge in [0.2, 0.25) is 0 Å². The van der Waals surface area contributed by atoms with E-state index in [2.05, 4.69) is 5.16 Å². The van der Waals surface area contributed by atoms with Crippen LogP contribution in [-0.2, 0) is 9.53 Å². The predicted molar refractivity (Wildman–Crippen MR) is 91.2 cm³/mol. The summed E-state index contributed by atoms with van der Waals surface area (Å²) in [6.07, 6.45) is 6.88. The SMILES string of the molecule is Cc1noc(C(C)C)c1C(=O)OCC(=O)C12CC3CC(CC(C3)C1)C2. The molecule has 0 unspecified atom stereocenters. The van der Waals surface area contributed by atoms with Crippen molar-refractivity contribution in [2.24, 2.45) is 23.2 Å². The number of hydrogen-bond donors (Lipinski definition) is 0. The van der Waals surface area contributed by atoms with Crippen LogP contribution in [0.1, 0.15) is 80.1 Å². The van der Waals surface area contributed by atoms with Gasteiger partial charge in [0.15, 0.2) is 18.2 Å². The Kier molecular flexibility index (Phi) is 4.00. The molecule has 0 amide bonds. The van der Waals surface area contributed by atoms with E-state index in [0.717, 1.165) is 19.3 Å². The summed E-state index contributed by atoms with van der Waals surface area (Å²) >= 11 is 0. The van der Waals surface area contributed by atoms with Crippen molar-refractivity contribution in [1.29, 1.82) is 0 Å². The molecular weight excluding hydrogens is 318 g/mol. The number of rotatable bonds is 5. The highest BCUT2D eigenvalue weighted by Gasteiger charge is 2.54. The molecule has 0 saturated heterocycles. The van der Waals surface area contributed by atoms with Crippen molar-refractivity contribution >= 4 is 11.8 Å². The van der Waals surface area contributed by atoms with Crippen LogP contribution >= 0.6 is 0 Å². The molecule has 136 valence electrons. The van der Waals surface area contributed by atoms with Crippen LogP contribution in [-0.4, -0.2) is 23.5 Å². The van der Waals surface area contributed by atoms with E-state index in [1.54, 1.807) is 6.92 Å². The van der Waals surface area contributed by atoms with Gasteiger partial charge in [0.25, 0.3) is 0 Å². The van der Waals surface area contributed by atoms with Crippen molar-refractivity contribution in [2.45, 2.75) is 65.2 Å². The fourth-order valence-corrected chi connectivity index (χ4v) is 5.84. The second-order valence-corrected chi connectivity index (χ2v) is 8.86. The molecule has 4 fully saturated rings. The standard InChI is InChI=1S/C20H27NO4/c1-11(2)18-17(12(3)21-25-18)19(23)24-10-16(22)20-7-13-4-14(8-20)6-15(5-13)9-20/h11,13-15H,4-10H2,1-3H3. The fourth-order valence-electron chi connectivity index (χ4n) is 5.84. The first-order valence-corrected chi connectivity index (χ1v) is 9.54. The topological polar surface area (TPSA) is 69.4 Å². The number of aryl methyl sites for hydroxylation is 1. The molecule has 4 saturated carbocycles. The maximum absolute atomic E-state index is 13.0. The van der Waals surface area contributed by atoms with Crippen molar-refractivity contribution in [3.8, 4) is 0 Å². The third-order valence-electron chi connectivity index (χ3n) is 6.58. The van der Waals surface area contributed by atoms with Gasteiger partial charge < -0.3 is 9.26 Å². The number of hydrogen-bond acceptors (Lipinski definition) is 5. The molecule has 0 spiro atoms. The molecule has 1 aromatic heterocycles. The number of Topliss-reactive ketones (excluding diaryl/α,β-unsaturated/α-hetero) is 1. The average Bonchev–Trinajstić information content (AvgIpc) is 2.93. The number of ether oxygens (including phenoxy) is 1. The van der Waals surface area contributed by atoms with E-state index < -0.39 is 5.97 Å². The number of nitrogens with zero attached hydrogens (tertiary/aromatic N) is 1. The molecule has 5 heteroatoms. The normalized spacial score (nSPS) is 33.0. The quantitative estimate of drug-likeness (QED) is 0.753. The molecule has 5 nitrogen and oxygen atoms in total. The summed E-state index contributed by atoms with van der Waals surface area (Å²) in [5, 5.41) is 3.88. The Morgan fingerprint density at radius 3 is 2.24 bits per heavy atom. The van der Waals surface area contributed by atoms with Gasteiger partial charge in [-0.3, -0.25) is 4.79 Å². The average molecular weight is 345 g/mol. The molecule has 4 aliphatic rings. The maximum Gasteiger partial charge on any atom is 0.344 e. The van der Waals surface area contributed by atoms with Crippen molar-refractivity contribution < 1.29 is 18.8 Å². The molecule has 4 aliphatic carbocycles. The summed E-state index contributed by atoms with van der Waals surface area (Å²) in [5.41, 5.74) is 0.684. The lowest BCUT2D eigenvalue weighted by molar-refractivity contribution is -0.147. The molecule has 0 N–H and O–H groups in total. The number of esters is 1. The summed E-state index contributed by atoms with van der Waals surface area (Å²) < 4.78 is 10.7. The zero-order valence-electron chi connectivity index (χ0n) is 15.3. The van der Waals surface area contributed by atoms with Gasteiger partial charge in [-0.15, -0.1) is 0 Å². The zero-order valence-corrected chi connectivity index (χ0v) is 15.3. The molecule has 0 atom stereocenters. The number of carbonyl (C=O) groups excluding carboxylic acids is 2. The highest BCUT2D eigenvalue weighted by atomic mass is 16.5. The minimum atomic E-state index is -0.486. The van der Waals surface area contributed by atoms with Crippen LogP contribution in [0.5, 0.6) is 0 Å². The lowest BCUT2D eigenvalue weighted by Gasteiger charge is -2.55. The van der Waals surface area contributed by atoms with Crippen LogP contribution in [0.15, 0.2) is 4.52 Å². The first-order chi connectivity index (χ1) is 11.9. The van der Waals surface area contributed by atoms with E-state index in [1.165, 1.54) is 19.3 Å². The minimum Gasteiger partial charge on any atom is -0.454 e. The van der Waals surface area contributed by atoms with E-state index in [-0.39, 0.29) is 23.7 Å². The van der Waals surface area contributed by atoms with E-state index in [0.29, 0.717) is 34.8 Å². The Morgan fingerprint density at radius 2 is 1.72 bits per heavy atom. The van der Waals surface area contributed by atoms with Crippen LogP contribution in [0.3, 0.4) is 0 Å². The third-order valence-corrected chi connectivity index (χ3v) is 6.58. The van der Waals surface area contributed by atoms with Gasteiger partial charge in [0, 0.05) is 11.3 Å². The number of carbonyl (C=O) groups is 2. The first kappa shape index (κ1) is 16.8. The lowest BCUT2D eigenvalue weighted by atomic mass is 9.48. The zero-order chi connectivity index (χ0) is 17.8. The Labute approximate surface area is 148 Å². The molecule has 1 heterocycles. The van der Waals surface area contributed by atoms with Crippen LogP contribution < -0.4 is 0 Å². The molecule has 0 aromatic carbocycles. The molecule has 25 heavy (non-hydrogen) atoms. The Bertz CT molecular complexity index is 667. The predicted octanol–water partition coefficient (Wildman–Crippen LogP) is 4.05. The summed E-state index contributed by atoms with van der Waals surface area (Å²) in [7, 11) is 0. The first-order valence-electron chi connectivity index (χ1n) is 9.54. The number of ketones is 1. The summed E-state index contributed by atoms with van der Waals surface area (Å²) in [6, 6.07) is 0. The molecule has 4 bridgehead atoms. The van der Waals surface area contributed by atoms with E-state index in [9.17, 15) is 9.59 Å². The van der Waals surface area contributed by atoms with Gasteiger partial charge in [-0.2, -0.15) is 0 Å². The second-order valence-electron chi connectivity index (χ2n) is 8.86. The van der Waals surface area contributed by atoms with E-state index >= 15 is 0 Å². The summed E-state index contributed by atoms with van der Waals surface area (Å²) in [6.45, 7) is 5.49. The summed E-state index contributed by atoms with van der Waals surface area (Å²) in [4.78, 5) is 25.5. The smallest absolute Gasteiger partial charge is 0.344 e. The van der Waals surface area contributed by atoms with Crippen molar-refractivity contribution in [1.82, 2.24) is 5.16 Å². The molecule has 1 aromatic rings. The highest BCUT2D eigenvalue weighted by Crippen LogP contribution is 2.60. The van der Waals surface area contributed by atoms with Gasteiger partial charge in [0.05, 0.1) is 5.69 Å². The minimum absolute atomic E-state index is 0.0441. The molecule has 0 radical (unpaired) electrons. The Morgan fingerprint density at radius 1 is 1.16 bits per heavy atom. The van der Waals surface area contributed by atoms with Crippen molar-refractivity contribution in [3.05, 3.63) is 17.0 Å². The van der Waals surface area contributed by atoms with Gasteiger partial charge >= 0.3 is 5.97 Å². The van der Waals surface area contributed by atoms with Crippen LogP contribution in [0.4, 0.5) is 0 Å². The molecule has 5 rings (SSSR count). The van der Waals surface area contributed by atoms with E-state index in [1.807, 2.05) is 13.8 Å². The highest BCUT2D eigenvalue weighted by molar-refractivity contribution is 5.94. The van der Waals surface area contributed by atoms with Gasteiger partial charge in [0.1, 0.15) is 5.56 Å². The van der Waals surface area contributed by atoms with Gasteiger partial charge in [-0.1, -0.05) is 19.0 Å². The van der Waals surface area contributed by atoms with Crippen LogP contribution in [0, 0.1) is 30.1 Å². The Balaban J connectivity index is 1.44. The van der Waals surface area contributed by atoms with Crippen LogP contribution in [0.2, 0.25) is 0 Å². The summed E-state index contributed by atoms with van der Waals surface area (Å²) in [5.74, 6) is 2.34. The fraction of sp³-hybridized carbons (Fsp3) is 0.750. The molecular formula is C20H27NO4. The van der Waals surface area contributed by atoms with Gasteiger partial charge in [-0.05, 0) is 63.2 Å². The monoisotopic (exact) mass is 345 g/mol. The maximum atomic E-state index is 13.0. The van der Waals surface area contributed by atoms with Crippen LogP contribution in [0.25, 0.3) is 0 Å². The van der Waals surface area contributed by atoms with Crippen molar-refractivity contribution in [3.63, 3.8) is 0 Å². The number of aromatic nitrogens is 1. The van der Waals surface area contributed by atoms with Gasteiger partial charge in [-0.25, -0.2) is 4.79 Å². The second kappa shape index (κ2) is 5.96. The van der Waals surface area contributed by atoms with Crippen molar-refractivity contribution in [2.75, 3.05) is 6.61 Å². The third kappa shape index (κ3) is 2.81. The Hall–Kier alpha value is -1.65. The lowest BCUT2D eigenvalue weighted by Crippen LogP contribution is -2.51.